The Morgan fingerprint density at radius 2 is 2.04 bits per heavy atom. The summed E-state index contributed by atoms with van der Waals surface area (Å²) >= 11 is 0. The molecule has 1 aromatic carbocycles. The minimum atomic E-state index is -0.365. The number of rotatable bonds is 8. The lowest BCUT2D eigenvalue weighted by Gasteiger charge is -2.37. The predicted molar refractivity (Wildman–Crippen MR) is 107 cm³/mol. The highest BCUT2D eigenvalue weighted by Crippen LogP contribution is 2.18. The van der Waals surface area contributed by atoms with Crippen LogP contribution in [0.15, 0.2) is 23.2 Å². The van der Waals surface area contributed by atoms with Gasteiger partial charge in [0, 0.05) is 32.2 Å². The van der Waals surface area contributed by atoms with E-state index in [0.29, 0.717) is 18.5 Å². The average molecular weight is 381 g/mol. The third kappa shape index (κ3) is 6.66. The van der Waals surface area contributed by atoms with E-state index in [1.807, 2.05) is 13.0 Å². The Labute approximate surface area is 162 Å². The van der Waals surface area contributed by atoms with Gasteiger partial charge in [-0.05, 0) is 30.5 Å². The van der Waals surface area contributed by atoms with Crippen molar-refractivity contribution in [2.45, 2.75) is 33.4 Å². The van der Waals surface area contributed by atoms with Gasteiger partial charge in [0.15, 0.2) is 17.5 Å². The Hall–Kier alpha value is -1.86. The van der Waals surface area contributed by atoms with Crippen molar-refractivity contribution in [3.63, 3.8) is 0 Å². The quantitative estimate of drug-likeness (QED) is 0.535. The fraction of sp³-hybridized carbons (Fsp3) is 0.650. The Morgan fingerprint density at radius 3 is 2.63 bits per heavy atom. The normalized spacial score (nSPS) is 17.0. The van der Waals surface area contributed by atoms with Crippen LogP contribution < -0.4 is 15.4 Å². The Bertz CT molecular complexity index is 604. The molecular weight excluding hydrogens is 347 g/mol. The standard InChI is InChI=1S/C20H33FN4O2/c1-5-22-20(23-13-16-6-7-19(26-4)17(21)12-16)24-14-18(15(2)3)25-8-10-27-11-9-25/h6-7,12,15,18H,5,8-11,13-14H2,1-4H3,(H2,22,23,24). The molecule has 1 aromatic rings. The van der Waals surface area contributed by atoms with Crippen LogP contribution >= 0.6 is 0 Å². The van der Waals surface area contributed by atoms with Crippen molar-refractivity contribution >= 4 is 5.96 Å². The van der Waals surface area contributed by atoms with Crippen molar-refractivity contribution in [2.75, 3.05) is 46.5 Å². The molecule has 0 amide bonds. The van der Waals surface area contributed by atoms with E-state index in [-0.39, 0.29) is 11.6 Å². The van der Waals surface area contributed by atoms with Gasteiger partial charge in [-0.1, -0.05) is 19.9 Å². The van der Waals surface area contributed by atoms with Crippen molar-refractivity contribution in [3.05, 3.63) is 29.6 Å². The minimum absolute atomic E-state index is 0.248. The molecule has 0 radical (unpaired) electrons. The maximum absolute atomic E-state index is 13.9. The first kappa shape index (κ1) is 21.4. The molecular formula is C20H33FN4O2. The van der Waals surface area contributed by atoms with Crippen LogP contribution in [0.4, 0.5) is 4.39 Å². The van der Waals surface area contributed by atoms with Crippen LogP contribution in [0.1, 0.15) is 26.3 Å². The number of guanidine groups is 1. The molecule has 1 atom stereocenters. The van der Waals surface area contributed by atoms with E-state index < -0.39 is 0 Å². The minimum Gasteiger partial charge on any atom is -0.494 e. The number of hydrogen-bond acceptors (Lipinski definition) is 4. The Morgan fingerprint density at radius 1 is 1.30 bits per heavy atom. The molecule has 27 heavy (non-hydrogen) atoms. The maximum atomic E-state index is 13.9. The lowest BCUT2D eigenvalue weighted by atomic mass is 10.0. The number of aliphatic imine (C=N–C) groups is 1. The van der Waals surface area contributed by atoms with Crippen LogP contribution in [-0.2, 0) is 11.3 Å². The highest BCUT2D eigenvalue weighted by Gasteiger charge is 2.23. The Balaban J connectivity index is 1.98. The zero-order valence-corrected chi connectivity index (χ0v) is 16.9. The van der Waals surface area contributed by atoms with E-state index in [4.69, 9.17) is 9.47 Å². The number of halogens is 1. The SMILES string of the molecule is CCNC(=NCc1ccc(OC)c(F)c1)NCC(C(C)C)N1CCOCC1. The molecule has 0 aromatic heterocycles. The van der Waals surface area contributed by atoms with Gasteiger partial charge >= 0.3 is 0 Å². The van der Waals surface area contributed by atoms with Gasteiger partial charge in [0.05, 0.1) is 26.9 Å². The van der Waals surface area contributed by atoms with Crippen LogP contribution in [0, 0.1) is 11.7 Å². The molecule has 152 valence electrons. The second kappa shape index (κ2) is 11.1. The van der Waals surface area contributed by atoms with Crippen molar-refractivity contribution in [1.82, 2.24) is 15.5 Å². The number of methoxy groups -OCH3 is 1. The summed E-state index contributed by atoms with van der Waals surface area (Å²) < 4.78 is 24.3. The van der Waals surface area contributed by atoms with E-state index >= 15 is 0 Å². The monoisotopic (exact) mass is 380 g/mol. The van der Waals surface area contributed by atoms with E-state index in [0.717, 1.165) is 50.9 Å². The smallest absolute Gasteiger partial charge is 0.191 e. The van der Waals surface area contributed by atoms with Gasteiger partial charge in [-0.25, -0.2) is 9.38 Å². The molecule has 0 spiro atoms. The molecule has 7 heteroatoms. The average Bonchev–Trinajstić information content (AvgIpc) is 2.67. The first-order valence-electron chi connectivity index (χ1n) is 9.71. The third-order valence-electron chi connectivity index (χ3n) is 4.74. The first-order valence-corrected chi connectivity index (χ1v) is 9.71. The summed E-state index contributed by atoms with van der Waals surface area (Å²) in [6.07, 6.45) is 0. The number of ether oxygens (including phenoxy) is 2. The number of nitrogens with zero attached hydrogens (tertiary/aromatic N) is 2. The molecule has 1 aliphatic heterocycles. The third-order valence-corrected chi connectivity index (χ3v) is 4.74. The van der Waals surface area contributed by atoms with Crippen molar-refractivity contribution in [2.24, 2.45) is 10.9 Å². The molecule has 2 N–H and O–H groups in total. The summed E-state index contributed by atoms with van der Waals surface area (Å²) in [6.45, 7) is 12.0. The van der Waals surface area contributed by atoms with Crippen molar-refractivity contribution in [3.8, 4) is 5.75 Å². The van der Waals surface area contributed by atoms with Crippen LogP contribution in [0.25, 0.3) is 0 Å². The predicted octanol–water partition coefficient (Wildman–Crippen LogP) is 2.25. The molecule has 1 fully saturated rings. The maximum Gasteiger partial charge on any atom is 0.191 e. The second-order valence-corrected chi connectivity index (χ2v) is 7.00. The summed E-state index contributed by atoms with van der Waals surface area (Å²) in [5, 5.41) is 6.71. The van der Waals surface area contributed by atoms with Gasteiger partial charge in [-0.3, -0.25) is 4.90 Å². The fourth-order valence-electron chi connectivity index (χ4n) is 3.22. The molecule has 0 aliphatic carbocycles. The van der Waals surface area contributed by atoms with E-state index in [1.165, 1.54) is 13.2 Å². The molecule has 6 nitrogen and oxygen atoms in total. The van der Waals surface area contributed by atoms with Crippen molar-refractivity contribution in [1.29, 1.82) is 0 Å². The summed E-state index contributed by atoms with van der Waals surface area (Å²) in [6, 6.07) is 5.35. The van der Waals surface area contributed by atoms with Gasteiger partial charge in [0.1, 0.15) is 0 Å². The summed E-state index contributed by atoms with van der Waals surface area (Å²) in [5.74, 6) is 1.15. The first-order chi connectivity index (χ1) is 13.0. The van der Waals surface area contributed by atoms with Gasteiger partial charge in [0.25, 0.3) is 0 Å². The Kier molecular flexibility index (Phi) is 8.81. The van der Waals surface area contributed by atoms with Crippen LogP contribution in [0.2, 0.25) is 0 Å². The largest absolute Gasteiger partial charge is 0.494 e. The highest BCUT2D eigenvalue weighted by atomic mass is 19.1. The molecule has 0 saturated carbocycles. The van der Waals surface area contributed by atoms with Gasteiger partial charge < -0.3 is 20.1 Å². The van der Waals surface area contributed by atoms with Gasteiger partial charge in [-0.2, -0.15) is 0 Å². The molecule has 0 bridgehead atoms. The van der Waals surface area contributed by atoms with Gasteiger partial charge in [0.2, 0.25) is 0 Å². The second-order valence-electron chi connectivity index (χ2n) is 7.00. The van der Waals surface area contributed by atoms with Crippen LogP contribution in [0.5, 0.6) is 5.75 Å². The zero-order valence-electron chi connectivity index (χ0n) is 16.9. The summed E-state index contributed by atoms with van der Waals surface area (Å²) in [7, 11) is 1.46. The van der Waals surface area contributed by atoms with E-state index in [1.54, 1.807) is 6.07 Å². The molecule has 2 rings (SSSR count). The lowest BCUT2D eigenvalue weighted by Crippen LogP contribution is -2.52. The van der Waals surface area contributed by atoms with Crippen LogP contribution in [0.3, 0.4) is 0 Å². The fourth-order valence-corrected chi connectivity index (χ4v) is 3.22. The zero-order chi connectivity index (χ0) is 19.6. The number of benzene rings is 1. The van der Waals surface area contributed by atoms with E-state index in [2.05, 4.69) is 34.4 Å². The van der Waals surface area contributed by atoms with Crippen molar-refractivity contribution < 1.29 is 13.9 Å². The number of hydrogen-bond donors (Lipinski definition) is 2. The van der Waals surface area contributed by atoms with Gasteiger partial charge in [-0.15, -0.1) is 0 Å². The topological polar surface area (TPSA) is 58.1 Å². The molecule has 1 saturated heterocycles. The van der Waals surface area contributed by atoms with E-state index in [9.17, 15) is 4.39 Å². The molecule has 1 heterocycles. The summed E-state index contributed by atoms with van der Waals surface area (Å²) in [5.41, 5.74) is 0.805. The lowest BCUT2D eigenvalue weighted by molar-refractivity contribution is 0.00752. The molecule has 1 aliphatic rings. The van der Waals surface area contributed by atoms with Crippen LogP contribution in [-0.4, -0.2) is 63.4 Å². The number of morpholine rings is 1. The molecule has 1 unspecified atom stereocenters. The summed E-state index contributed by atoms with van der Waals surface area (Å²) in [4.78, 5) is 7.08. The number of nitrogens with one attached hydrogen (secondary N) is 2. The highest BCUT2D eigenvalue weighted by molar-refractivity contribution is 5.79.